The highest BCUT2D eigenvalue weighted by molar-refractivity contribution is 5.79. The minimum Gasteiger partial charge on any atom is -0.497 e. The number of rotatable bonds is 4. The van der Waals surface area contributed by atoms with Gasteiger partial charge in [-0.15, -0.1) is 0 Å². The molecule has 0 aliphatic rings. The second-order valence-electron chi connectivity index (χ2n) is 6.16. The summed E-state index contributed by atoms with van der Waals surface area (Å²) in [5.74, 6) is 2.25. The van der Waals surface area contributed by atoms with E-state index in [-0.39, 0.29) is 0 Å². The number of hydrogen-bond donors (Lipinski definition) is 1. The number of anilines is 2. The number of ether oxygens (including phenoxy) is 1. The van der Waals surface area contributed by atoms with Crippen LogP contribution in [0.5, 0.6) is 5.75 Å². The zero-order chi connectivity index (χ0) is 18.1. The summed E-state index contributed by atoms with van der Waals surface area (Å²) in [6.45, 7) is 4.19. The number of nitrogens with one attached hydrogen (secondary N) is 1. The first-order valence-electron chi connectivity index (χ1n) is 8.32. The Kier molecular flexibility index (Phi) is 4.01. The van der Waals surface area contributed by atoms with Crippen molar-refractivity contribution < 1.29 is 4.74 Å². The molecule has 2 aromatic heterocycles. The fraction of sp³-hybridized carbons (Fsp3) is 0.150. The summed E-state index contributed by atoms with van der Waals surface area (Å²) in [5, 5.41) is 3.28. The summed E-state index contributed by atoms with van der Waals surface area (Å²) in [5.41, 5.74) is 5.33. The highest BCUT2D eigenvalue weighted by Gasteiger charge is 2.09. The molecule has 0 spiro atoms. The van der Waals surface area contributed by atoms with Gasteiger partial charge in [-0.1, -0.05) is 6.07 Å². The monoisotopic (exact) mass is 345 g/mol. The van der Waals surface area contributed by atoms with E-state index in [4.69, 9.17) is 4.74 Å². The molecule has 26 heavy (non-hydrogen) atoms. The van der Waals surface area contributed by atoms with Crippen LogP contribution in [0.15, 0.2) is 55.1 Å². The first-order valence-corrected chi connectivity index (χ1v) is 8.32. The van der Waals surface area contributed by atoms with Gasteiger partial charge in [0.05, 0.1) is 18.1 Å². The van der Waals surface area contributed by atoms with E-state index >= 15 is 0 Å². The average molecular weight is 345 g/mol. The second-order valence-corrected chi connectivity index (χ2v) is 6.16. The molecule has 0 atom stereocenters. The molecule has 6 heteroatoms. The lowest BCUT2D eigenvalue weighted by atomic mass is 10.1. The molecule has 0 radical (unpaired) electrons. The van der Waals surface area contributed by atoms with Gasteiger partial charge in [-0.2, -0.15) is 0 Å². The molecule has 6 nitrogen and oxygen atoms in total. The van der Waals surface area contributed by atoms with Crippen molar-refractivity contribution in [3.05, 3.63) is 66.2 Å². The normalized spacial score (nSPS) is 10.9. The molecular weight excluding hydrogens is 326 g/mol. The zero-order valence-corrected chi connectivity index (χ0v) is 14.9. The highest BCUT2D eigenvalue weighted by Crippen LogP contribution is 2.23. The molecule has 0 amide bonds. The molecule has 0 fully saturated rings. The third-order valence-corrected chi connectivity index (χ3v) is 4.40. The number of hydrogen-bond acceptors (Lipinski definition) is 5. The van der Waals surface area contributed by atoms with E-state index in [1.807, 2.05) is 34.9 Å². The predicted octanol–water partition coefficient (Wildman–Crippen LogP) is 4.18. The second kappa shape index (κ2) is 6.48. The maximum Gasteiger partial charge on any atom is 0.143 e. The third-order valence-electron chi connectivity index (χ3n) is 4.40. The number of imidazole rings is 1. The van der Waals surface area contributed by atoms with Crippen molar-refractivity contribution in [3.8, 4) is 11.6 Å². The van der Waals surface area contributed by atoms with Crippen LogP contribution in [0.3, 0.4) is 0 Å². The van der Waals surface area contributed by atoms with Crippen LogP contribution in [-0.2, 0) is 0 Å². The smallest absolute Gasteiger partial charge is 0.143 e. The summed E-state index contributed by atoms with van der Waals surface area (Å²) in [6, 6.07) is 13.8. The number of benzene rings is 2. The maximum absolute atomic E-state index is 5.26. The number of aromatic nitrogens is 4. The van der Waals surface area contributed by atoms with Gasteiger partial charge in [0.25, 0.3) is 0 Å². The molecule has 0 aliphatic heterocycles. The first-order chi connectivity index (χ1) is 12.6. The molecule has 0 saturated carbocycles. The van der Waals surface area contributed by atoms with Gasteiger partial charge in [-0.3, -0.25) is 4.57 Å². The Bertz CT molecular complexity index is 1090. The van der Waals surface area contributed by atoms with E-state index < -0.39 is 0 Å². The van der Waals surface area contributed by atoms with E-state index in [0.29, 0.717) is 5.82 Å². The maximum atomic E-state index is 5.26. The topological polar surface area (TPSA) is 64.9 Å². The van der Waals surface area contributed by atoms with E-state index in [2.05, 4.69) is 46.2 Å². The molecule has 0 aliphatic carbocycles. The summed E-state index contributed by atoms with van der Waals surface area (Å²) in [4.78, 5) is 13.2. The summed E-state index contributed by atoms with van der Waals surface area (Å²) in [6.07, 6.45) is 3.34. The Morgan fingerprint density at radius 3 is 2.65 bits per heavy atom. The Labute approximate surface area is 151 Å². The number of nitrogens with zero attached hydrogens (tertiary/aromatic N) is 4. The van der Waals surface area contributed by atoms with Gasteiger partial charge in [0.15, 0.2) is 0 Å². The lowest BCUT2D eigenvalue weighted by Crippen LogP contribution is -2.00. The fourth-order valence-corrected chi connectivity index (χ4v) is 2.84. The van der Waals surface area contributed by atoms with Gasteiger partial charge in [0, 0.05) is 17.8 Å². The Hall–Kier alpha value is -3.41. The predicted molar refractivity (Wildman–Crippen MR) is 102 cm³/mol. The van der Waals surface area contributed by atoms with Crippen LogP contribution in [0, 0.1) is 13.8 Å². The Morgan fingerprint density at radius 2 is 1.81 bits per heavy atom. The van der Waals surface area contributed by atoms with Crippen LogP contribution in [0.4, 0.5) is 11.5 Å². The van der Waals surface area contributed by atoms with Crippen molar-refractivity contribution in [2.45, 2.75) is 13.8 Å². The molecule has 2 aromatic carbocycles. The van der Waals surface area contributed by atoms with Crippen molar-refractivity contribution in [1.29, 1.82) is 0 Å². The van der Waals surface area contributed by atoms with Gasteiger partial charge in [0.2, 0.25) is 0 Å². The molecule has 0 bridgehead atoms. The third kappa shape index (κ3) is 2.97. The van der Waals surface area contributed by atoms with Crippen molar-refractivity contribution in [1.82, 2.24) is 19.5 Å². The molecular formula is C20H19N5O. The lowest BCUT2D eigenvalue weighted by Gasteiger charge is -2.09. The molecule has 1 N–H and O–H groups in total. The molecule has 4 aromatic rings. The number of aryl methyl sites for hydroxylation is 2. The summed E-state index contributed by atoms with van der Waals surface area (Å²) in [7, 11) is 1.65. The quantitative estimate of drug-likeness (QED) is 0.601. The SMILES string of the molecule is COc1cccc(Nc2cc(-n3cnc4cc(C)c(C)cc43)ncn2)c1. The van der Waals surface area contributed by atoms with E-state index in [1.165, 1.54) is 11.1 Å². The van der Waals surface area contributed by atoms with Gasteiger partial charge in [-0.05, 0) is 49.2 Å². The summed E-state index contributed by atoms with van der Waals surface area (Å²) < 4.78 is 7.23. The molecule has 130 valence electrons. The first kappa shape index (κ1) is 16.1. The van der Waals surface area contributed by atoms with E-state index in [0.717, 1.165) is 28.3 Å². The Morgan fingerprint density at radius 1 is 0.962 bits per heavy atom. The molecule has 0 unspecified atom stereocenters. The standard InChI is InChI=1S/C20H19N5O/c1-13-7-17-18(8-14(13)2)25(12-23-17)20-10-19(21-11-22-20)24-15-5-4-6-16(9-15)26-3/h4-12H,1-3H3,(H,21,22,24). The minimum atomic E-state index is 0.703. The van der Waals surface area contributed by atoms with Crippen molar-refractivity contribution in [3.63, 3.8) is 0 Å². The van der Waals surface area contributed by atoms with Crippen molar-refractivity contribution in [2.75, 3.05) is 12.4 Å². The van der Waals surface area contributed by atoms with Crippen LogP contribution in [0.1, 0.15) is 11.1 Å². The zero-order valence-electron chi connectivity index (χ0n) is 14.9. The molecule has 0 saturated heterocycles. The number of fused-ring (bicyclic) bond motifs is 1. The number of methoxy groups -OCH3 is 1. The van der Waals surface area contributed by atoms with Gasteiger partial charge in [0.1, 0.15) is 30.0 Å². The average Bonchev–Trinajstić information content (AvgIpc) is 3.05. The van der Waals surface area contributed by atoms with Crippen LogP contribution >= 0.6 is 0 Å². The van der Waals surface area contributed by atoms with E-state index in [1.54, 1.807) is 19.8 Å². The minimum absolute atomic E-state index is 0.703. The summed E-state index contributed by atoms with van der Waals surface area (Å²) >= 11 is 0. The van der Waals surface area contributed by atoms with Gasteiger partial charge >= 0.3 is 0 Å². The van der Waals surface area contributed by atoms with Gasteiger partial charge in [-0.25, -0.2) is 15.0 Å². The van der Waals surface area contributed by atoms with Gasteiger partial charge < -0.3 is 10.1 Å². The van der Waals surface area contributed by atoms with Crippen LogP contribution in [0.25, 0.3) is 16.9 Å². The highest BCUT2D eigenvalue weighted by atomic mass is 16.5. The molecule has 4 rings (SSSR count). The molecule has 2 heterocycles. The van der Waals surface area contributed by atoms with Crippen LogP contribution < -0.4 is 10.1 Å². The van der Waals surface area contributed by atoms with Crippen molar-refractivity contribution >= 4 is 22.5 Å². The Balaban J connectivity index is 1.71. The van der Waals surface area contributed by atoms with Crippen molar-refractivity contribution in [2.24, 2.45) is 0 Å². The van der Waals surface area contributed by atoms with E-state index in [9.17, 15) is 0 Å². The van der Waals surface area contributed by atoms with Crippen LogP contribution in [-0.4, -0.2) is 26.6 Å². The fourth-order valence-electron chi connectivity index (χ4n) is 2.84. The lowest BCUT2D eigenvalue weighted by molar-refractivity contribution is 0.415. The van der Waals surface area contributed by atoms with Crippen LogP contribution in [0.2, 0.25) is 0 Å². The largest absolute Gasteiger partial charge is 0.497 e.